The number of aliphatic hydroxyl groups excluding tert-OH is 1. The van der Waals surface area contributed by atoms with Crippen molar-refractivity contribution in [2.45, 2.75) is 19.5 Å². The summed E-state index contributed by atoms with van der Waals surface area (Å²) >= 11 is 1.26. The van der Waals surface area contributed by atoms with Gasteiger partial charge in [0.05, 0.1) is 23.1 Å². The number of rotatable bonds is 10. The molecular weight excluding hydrogens is 452 g/mol. The quantitative estimate of drug-likeness (QED) is 0.331. The van der Waals surface area contributed by atoms with Crippen molar-refractivity contribution in [2.24, 2.45) is 0 Å². The van der Waals surface area contributed by atoms with Crippen LogP contribution in [0.25, 0.3) is 0 Å². The lowest BCUT2D eigenvalue weighted by Crippen LogP contribution is -2.30. The van der Waals surface area contributed by atoms with Crippen molar-refractivity contribution in [1.29, 1.82) is 0 Å². The number of thiophene rings is 1. The number of hydrogen-bond acceptors (Lipinski definition) is 7. The number of carbonyl (C=O) groups is 2. The van der Waals surface area contributed by atoms with Crippen LogP contribution in [0.4, 0.5) is 0 Å². The van der Waals surface area contributed by atoms with Crippen LogP contribution in [-0.4, -0.2) is 39.9 Å². The largest absolute Gasteiger partial charge is 0.503 e. The zero-order valence-electron chi connectivity index (χ0n) is 18.6. The van der Waals surface area contributed by atoms with Gasteiger partial charge in [-0.1, -0.05) is 30.9 Å². The fraction of sp³-hybridized carbons (Fsp3) is 0.192. The van der Waals surface area contributed by atoms with Crippen molar-refractivity contribution in [1.82, 2.24) is 9.88 Å². The Balaban J connectivity index is 1.80. The first-order valence-corrected chi connectivity index (χ1v) is 11.6. The van der Waals surface area contributed by atoms with E-state index in [0.717, 1.165) is 5.56 Å². The molecule has 4 rings (SSSR count). The summed E-state index contributed by atoms with van der Waals surface area (Å²) in [5.41, 5.74) is 1.43. The van der Waals surface area contributed by atoms with Gasteiger partial charge in [-0.2, -0.15) is 0 Å². The lowest BCUT2D eigenvalue weighted by Gasteiger charge is -2.27. The number of amides is 1. The van der Waals surface area contributed by atoms with Crippen LogP contribution >= 0.6 is 11.3 Å². The average Bonchev–Trinajstić information content (AvgIpc) is 3.47. The maximum atomic E-state index is 13.4. The fourth-order valence-electron chi connectivity index (χ4n) is 3.86. The van der Waals surface area contributed by atoms with Gasteiger partial charge in [-0.05, 0) is 47.7 Å². The summed E-state index contributed by atoms with van der Waals surface area (Å²) in [6.07, 6.45) is 4.93. The Morgan fingerprint density at radius 2 is 2.09 bits per heavy atom. The van der Waals surface area contributed by atoms with E-state index in [0.29, 0.717) is 35.2 Å². The predicted octanol–water partition coefficient (Wildman–Crippen LogP) is 4.89. The molecule has 0 saturated carbocycles. The Labute approximate surface area is 201 Å². The Morgan fingerprint density at radius 1 is 1.24 bits per heavy atom. The van der Waals surface area contributed by atoms with E-state index in [1.165, 1.54) is 16.2 Å². The number of pyridine rings is 1. The molecule has 0 radical (unpaired) electrons. The van der Waals surface area contributed by atoms with E-state index in [-0.39, 0.29) is 17.9 Å². The molecule has 3 heterocycles. The molecule has 3 aromatic rings. The highest BCUT2D eigenvalue weighted by atomic mass is 32.1. The van der Waals surface area contributed by atoms with Crippen molar-refractivity contribution in [3.05, 3.63) is 100 Å². The van der Waals surface area contributed by atoms with Crippen LogP contribution in [0.1, 0.15) is 33.8 Å². The highest BCUT2D eigenvalue weighted by Gasteiger charge is 2.44. The van der Waals surface area contributed by atoms with Crippen LogP contribution in [0.3, 0.4) is 0 Å². The molecule has 0 bridgehead atoms. The highest BCUT2D eigenvalue weighted by molar-refractivity contribution is 7.12. The Hall–Kier alpha value is -3.91. The second kappa shape index (κ2) is 10.4. The van der Waals surface area contributed by atoms with Gasteiger partial charge in [-0.25, -0.2) is 0 Å². The van der Waals surface area contributed by atoms with Crippen LogP contribution in [0, 0.1) is 0 Å². The van der Waals surface area contributed by atoms with Crippen LogP contribution in [0.5, 0.6) is 11.5 Å². The summed E-state index contributed by atoms with van der Waals surface area (Å²) < 4.78 is 11.5. The number of benzene rings is 1. The monoisotopic (exact) mass is 476 g/mol. The summed E-state index contributed by atoms with van der Waals surface area (Å²) in [6, 6.07) is 11.5. The molecule has 34 heavy (non-hydrogen) atoms. The normalized spacial score (nSPS) is 15.5. The molecule has 1 aliphatic rings. The molecule has 1 aliphatic heterocycles. The zero-order valence-corrected chi connectivity index (χ0v) is 19.5. The number of ketones is 1. The van der Waals surface area contributed by atoms with Crippen molar-refractivity contribution in [3.63, 3.8) is 0 Å². The highest BCUT2D eigenvalue weighted by Crippen LogP contribution is 2.42. The van der Waals surface area contributed by atoms with E-state index in [2.05, 4.69) is 11.6 Å². The first-order chi connectivity index (χ1) is 16.5. The molecule has 0 spiro atoms. The van der Waals surface area contributed by atoms with E-state index in [1.54, 1.807) is 60.2 Å². The van der Waals surface area contributed by atoms with Gasteiger partial charge < -0.3 is 19.5 Å². The van der Waals surface area contributed by atoms with Crippen molar-refractivity contribution >= 4 is 23.0 Å². The third kappa shape index (κ3) is 4.58. The maximum Gasteiger partial charge on any atom is 0.290 e. The minimum Gasteiger partial charge on any atom is -0.503 e. The molecule has 2 aromatic heterocycles. The fourth-order valence-corrected chi connectivity index (χ4v) is 4.53. The van der Waals surface area contributed by atoms with Gasteiger partial charge in [-0.3, -0.25) is 14.6 Å². The van der Waals surface area contributed by atoms with E-state index in [4.69, 9.17) is 9.47 Å². The van der Waals surface area contributed by atoms with E-state index in [9.17, 15) is 14.7 Å². The molecule has 1 amide bonds. The van der Waals surface area contributed by atoms with Gasteiger partial charge in [0.25, 0.3) is 5.91 Å². The lowest BCUT2D eigenvalue weighted by molar-refractivity contribution is -0.130. The van der Waals surface area contributed by atoms with Crippen molar-refractivity contribution in [2.75, 3.05) is 13.2 Å². The maximum absolute atomic E-state index is 13.4. The van der Waals surface area contributed by atoms with E-state index >= 15 is 0 Å². The summed E-state index contributed by atoms with van der Waals surface area (Å²) in [4.78, 5) is 32.6. The van der Waals surface area contributed by atoms with Crippen LogP contribution in [-0.2, 0) is 11.3 Å². The van der Waals surface area contributed by atoms with Gasteiger partial charge >= 0.3 is 0 Å². The lowest BCUT2D eigenvalue weighted by atomic mass is 9.95. The van der Waals surface area contributed by atoms with Gasteiger partial charge in [0.15, 0.2) is 17.3 Å². The third-order valence-electron chi connectivity index (χ3n) is 5.31. The summed E-state index contributed by atoms with van der Waals surface area (Å²) in [6.45, 7) is 6.40. The van der Waals surface area contributed by atoms with Crippen LogP contribution in [0.15, 0.2) is 84.2 Å². The summed E-state index contributed by atoms with van der Waals surface area (Å²) in [5, 5.41) is 12.6. The molecule has 0 aliphatic carbocycles. The van der Waals surface area contributed by atoms with Crippen molar-refractivity contribution in [3.8, 4) is 11.5 Å². The Kier molecular flexibility index (Phi) is 7.08. The number of nitrogens with zero attached hydrogens (tertiary/aromatic N) is 2. The first-order valence-electron chi connectivity index (χ1n) is 10.8. The molecule has 7 nitrogen and oxygen atoms in total. The molecule has 1 atom stereocenters. The molecular formula is C26H24N2O5S. The summed E-state index contributed by atoms with van der Waals surface area (Å²) in [7, 11) is 0. The molecule has 174 valence electrons. The van der Waals surface area contributed by atoms with E-state index < -0.39 is 17.7 Å². The predicted molar refractivity (Wildman–Crippen MR) is 129 cm³/mol. The number of aromatic nitrogens is 1. The molecule has 0 fully saturated rings. The first kappa shape index (κ1) is 23.3. The average molecular weight is 477 g/mol. The summed E-state index contributed by atoms with van der Waals surface area (Å²) in [5.74, 6) is -0.543. The number of aliphatic hydroxyl groups is 1. The standard InChI is InChI=1S/C26H24N2O5S/c1-3-12-33-19-10-9-18(14-20(19)32-4-2)23-22(24(29)21-8-6-13-34-21)25(30)26(31)28(23)16-17-7-5-11-27-15-17/h3,5-11,13-15,23,30H,1,4,12,16H2,2H3. The van der Waals surface area contributed by atoms with Gasteiger partial charge in [0.2, 0.25) is 5.78 Å². The molecule has 8 heteroatoms. The molecule has 1 unspecified atom stereocenters. The Morgan fingerprint density at radius 3 is 2.76 bits per heavy atom. The topological polar surface area (TPSA) is 89.0 Å². The van der Waals surface area contributed by atoms with E-state index in [1.807, 2.05) is 13.0 Å². The second-order valence-electron chi connectivity index (χ2n) is 7.50. The Bertz CT molecular complexity index is 1220. The zero-order chi connectivity index (χ0) is 24.1. The molecule has 0 saturated heterocycles. The SMILES string of the molecule is C=CCOc1ccc(C2C(C(=O)c3cccs3)=C(O)C(=O)N2Cc2cccnc2)cc1OCC. The van der Waals surface area contributed by atoms with Crippen LogP contribution < -0.4 is 9.47 Å². The third-order valence-corrected chi connectivity index (χ3v) is 6.18. The number of Topliss-reactive ketones (excluding diaryl/α,β-unsaturated/α-hetero) is 1. The minimum atomic E-state index is -0.810. The number of hydrogen-bond donors (Lipinski definition) is 1. The van der Waals surface area contributed by atoms with Gasteiger partial charge in [0.1, 0.15) is 6.61 Å². The minimum absolute atomic E-state index is 0.0403. The van der Waals surface area contributed by atoms with Crippen LogP contribution in [0.2, 0.25) is 0 Å². The van der Waals surface area contributed by atoms with Crippen molar-refractivity contribution < 1.29 is 24.2 Å². The smallest absolute Gasteiger partial charge is 0.290 e. The molecule has 1 aromatic carbocycles. The molecule has 1 N–H and O–H groups in total. The van der Waals surface area contributed by atoms with Gasteiger partial charge in [-0.15, -0.1) is 11.3 Å². The second-order valence-corrected chi connectivity index (χ2v) is 8.45. The van der Waals surface area contributed by atoms with Gasteiger partial charge in [0, 0.05) is 18.9 Å². The number of carbonyl (C=O) groups excluding carboxylic acids is 2. The number of ether oxygens (including phenoxy) is 2.